The molecule has 1 heterocycles. The molecule has 0 saturated heterocycles. The van der Waals surface area contributed by atoms with Gasteiger partial charge in [0.05, 0.1) is 6.42 Å². The molecule has 0 aliphatic heterocycles. The number of carbonyl (C=O) groups is 3. The molecule has 9 nitrogen and oxygen atoms in total. The van der Waals surface area contributed by atoms with E-state index in [0.717, 1.165) is 23.8 Å². The normalized spacial score (nSPS) is 14.9. The van der Waals surface area contributed by atoms with Crippen molar-refractivity contribution in [1.29, 1.82) is 0 Å². The van der Waals surface area contributed by atoms with E-state index in [-0.39, 0.29) is 11.4 Å². The number of carboxylic acids is 2. The fraction of sp³-hybridized carbons (Fsp3) is 0.368. The van der Waals surface area contributed by atoms with Gasteiger partial charge in [-0.3, -0.25) is 9.59 Å². The predicted octanol–water partition coefficient (Wildman–Crippen LogP) is 1.09. The van der Waals surface area contributed by atoms with Gasteiger partial charge in [0, 0.05) is 17.0 Å². The Morgan fingerprint density at radius 1 is 1.21 bits per heavy atom. The minimum atomic E-state index is -1.56. The number of fused-ring (bicyclic) bond motifs is 3. The molecule has 1 aliphatic rings. The lowest BCUT2D eigenvalue weighted by Gasteiger charge is -2.18. The number of hydrogen-bond donors (Lipinski definition) is 3. The summed E-state index contributed by atoms with van der Waals surface area (Å²) >= 11 is 0. The summed E-state index contributed by atoms with van der Waals surface area (Å²) in [6.07, 6.45) is 0.561. The second kappa shape index (κ2) is 7.71. The number of hydrogen-bond acceptors (Lipinski definition) is 6. The SMILES string of the molecule is CC(Oc1ccc2c3c(c(=O)oc2c1)CCC3)C(=O)N[C@@H](CC(=O)O)C(=O)O. The van der Waals surface area contributed by atoms with E-state index in [0.29, 0.717) is 17.6 Å². The van der Waals surface area contributed by atoms with Gasteiger partial charge in [-0.15, -0.1) is 0 Å². The first-order chi connectivity index (χ1) is 13.3. The zero-order valence-corrected chi connectivity index (χ0v) is 15.1. The van der Waals surface area contributed by atoms with Crippen LogP contribution in [0.5, 0.6) is 5.75 Å². The molecule has 0 saturated carbocycles. The van der Waals surface area contributed by atoms with Crippen LogP contribution in [0.1, 0.15) is 30.9 Å². The summed E-state index contributed by atoms with van der Waals surface area (Å²) in [5, 5.41) is 20.7. The largest absolute Gasteiger partial charge is 0.481 e. The van der Waals surface area contributed by atoms with Crippen molar-refractivity contribution in [1.82, 2.24) is 5.32 Å². The van der Waals surface area contributed by atoms with Crippen LogP contribution < -0.4 is 15.7 Å². The second-order valence-electron chi connectivity index (χ2n) is 6.62. The topological polar surface area (TPSA) is 143 Å². The van der Waals surface area contributed by atoms with Gasteiger partial charge in [-0.2, -0.15) is 0 Å². The van der Waals surface area contributed by atoms with Gasteiger partial charge >= 0.3 is 17.6 Å². The lowest BCUT2D eigenvalue weighted by atomic mass is 10.1. The maximum atomic E-state index is 12.1. The van der Waals surface area contributed by atoms with Crippen LogP contribution in [0.3, 0.4) is 0 Å². The van der Waals surface area contributed by atoms with Crippen LogP contribution >= 0.6 is 0 Å². The van der Waals surface area contributed by atoms with Crippen molar-refractivity contribution in [3.05, 3.63) is 39.7 Å². The Hall–Kier alpha value is -3.36. The molecule has 0 spiro atoms. The number of carboxylic acid groups (broad SMARTS) is 2. The Morgan fingerprint density at radius 2 is 1.93 bits per heavy atom. The number of benzene rings is 1. The van der Waals surface area contributed by atoms with E-state index in [1.165, 1.54) is 13.0 Å². The molecule has 148 valence electrons. The third kappa shape index (κ3) is 3.98. The number of nitrogens with one attached hydrogen (secondary N) is 1. The zero-order valence-electron chi connectivity index (χ0n) is 15.1. The van der Waals surface area contributed by atoms with Gasteiger partial charge in [0.2, 0.25) is 0 Å². The summed E-state index contributed by atoms with van der Waals surface area (Å²) in [7, 11) is 0. The zero-order chi connectivity index (χ0) is 20.4. The first-order valence-corrected chi connectivity index (χ1v) is 8.76. The van der Waals surface area contributed by atoms with Gasteiger partial charge < -0.3 is 24.7 Å². The fourth-order valence-corrected chi connectivity index (χ4v) is 3.26. The Kier molecular flexibility index (Phi) is 5.34. The number of rotatable bonds is 7. The number of aryl methyl sites for hydroxylation is 1. The van der Waals surface area contributed by atoms with Crippen molar-refractivity contribution >= 4 is 28.8 Å². The maximum Gasteiger partial charge on any atom is 0.339 e. The highest BCUT2D eigenvalue weighted by Gasteiger charge is 2.26. The van der Waals surface area contributed by atoms with Crippen LogP contribution in [0.25, 0.3) is 11.0 Å². The molecule has 3 N–H and O–H groups in total. The average Bonchev–Trinajstić information content (AvgIpc) is 3.11. The van der Waals surface area contributed by atoms with E-state index in [2.05, 4.69) is 5.32 Å². The van der Waals surface area contributed by atoms with E-state index in [4.69, 9.17) is 19.4 Å². The molecular formula is C19H19NO8. The second-order valence-corrected chi connectivity index (χ2v) is 6.62. The van der Waals surface area contributed by atoms with Crippen LogP contribution in [0.15, 0.2) is 27.4 Å². The lowest BCUT2D eigenvalue weighted by Crippen LogP contribution is -2.47. The standard InChI is InChI=1S/C19H19NO8/c1-9(17(23)20-14(18(24)25)8-16(21)22)27-10-5-6-12-11-3-2-4-13(11)19(26)28-15(12)7-10/h5-7,9,14H,2-4,8H2,1H3,(H,20,23)(H,21,22)(H,24,25)/t9?,14-/m0/s1. The molecule has 0 fully saturated rings. The summed E-state index contributed by atoms with van der Waals surface area (Å²) in [5.74, 6) is -3.31. The Balaban J connectivity index is 1.75. The molecule has 1 aliphatic carbocycles. The summed E-state index contributed by atoms with van der Waals surface area (Å²) in [5.41, 5.74) is 1.65. The van der Waals surface area contributed by atoms with E-state index < -0.39 is 36.4 Å². The highest BCUT2D eigenvalue weighted by atomic mass is 16.5. The van der Waals surface area contributed by atoms with Crippen LogP contribution in [-0.2, 0) is 27.2 Å². The number of amides is 1. The average molecular weight is 389 g/mol. The molecule has 28 heavy (non-hydrogen) atoms. The van der Waals surface area contributed by atoms with Crippen LogP contribution in [0.4, 0.5) is 0 Å². The monoisotopic (exact) mass is 389 g/mol. The van der Waals surface area contributed by atoms with Crippen molar-refractivity contribution in [2.75, 3.05) is 0 Å². The summed E-state index contributed by atoms with van der Waals surface area (Å²) in [4.78, 5) is 46.0. The van der Waals surface area contributed by atoms with Gasteiger partial charge in [0.1, 0.15) is 17.4 Å². The minimum absolute atomic E-state index is 0.265. The van der Waals surface area contributed by atoms with Crippen LogP contribution in [-0.4, -0.2) is 40.2 Å². The summed E-state index contributed by atoms with van der Waals surface area (Å²) in [6, 6.07) is 3.34. The van der Waals surface area contributed by atoms with E-state index in [9.17, 15) is 19.2 Å². The summed E-state index contributed by atoms with van der Waals surface area (Å²) in [6.45, 7) is 1.40. The van der Waals surface area contributed by atoms with Crippen molar-refractivity contribution in [2.45, 2.75) is 44.8 Å². The first-order valence-electron chi connectivity index (χ1n) is 8.76. The molecule has 1 unspecified atom stereocenters. The number of aliphatic carboxylic acids is 2. The third-order valence-electron chi connectivity index (χ3n) is 4.62. The molecule has 1 aromatic carbocycles. The third-order valence-corrected chi connectivity index (χ3v) is 4.62. The maximum absolute atomic E-state index is 12.1. The predicted molar refractivity (Wildman–Crippen MR) is 96.4 cm³/mol. The van der Waals surface area contributed by atoms with Gasteiger partial charge in [-0.05, 0) is 43.9 Å². The van der Waals surface area contributed by atoms with Crippen LogP contribution in [0, 0.1) is 0 Å². The number of carbonyl (C=O) groups excluding carboxylic acids is 1. The molecule has 2 atom stereocenters. The highest BCUT2D eigenvalue weighted by Crippen LogP contribution is 2.29. The smallest absolute Gasteiger partial charge is 0.339 e. The highest BCUT2D eigenvalue weighted by molar-refractivity contribution is 5.89. The van der Waals surface area contributed by atoms with Gasteiger partial charge in [0.15, 0.2) is 6.10 Å². The molecule has 9 heteroatoms. The molecule has 0 bridgehead atoms. The molecule has 2 aromatic rings. The fourth-order valence-electron chi connectivity index (χ4n) is 3.26. The van der Waals surface area contributed by atoms with E-state index >= 15 is 0 Å². The van der Waals surface area contributed by atoms with Crippen LogP contribution in [0.2, 0.25) is 0 Å². The molecule has 3 rings (SSSR count). The van der Waals surface area contributed by atoms with Gasteiger partial charge in [-0.25, -0.2) is 9.59 Å². The van der Waals surface area contributed by atoms with E-state index in [1.54, 1.807) is 12.1 Å². The van der Waals surface area contributed by atoms with Crippen molar-refractivity contribution in [3.8, 4) is 5.75 Å². The van der Waals surface area contributed by atoms with Crippen molar-refractivity contribution in [2.24, 2.45) is 0 Å². The van der Waals surface area contributed by atoms with Crippen molar-refractivity contribution in [3.63, 3.8) is 0 Å². The van der Waals surface area contributed by atoms with Crippen molar-refractivity contribution < 1.29 is 33.8 Å². The molecular weight excluding hydrogens is 370 g/mol. The van der Waals surface area contributed by atoms with E-state index in [1.807, 2.05) is 0 Å². The Bertz CT molecular complexity index is 1010. The molecule has 1 aromatic heterocycles. The molecule has 0 radical (unpaired) electrons. The minimum Gasteiger partial charge on any atom is -0.481 e. The quantitative estimate of drug-likeness (QED) is 0.597. The Morgan fingerprint density at radius 3 is 2.61 bits per heavy atom. The van der Waals surface area contributed by atoms with Gasteiger partial charge in [-0.1, -0.05) is 0 Å². The van der Waals surface area contributed by atoms with Gasteiger partial charge in [0.25, 0.3) is 5.91 Å². The summed E-state index contributed by atoms with van der Waals surface area (Å²) < 4.78 is 10.9. The lowest BCUT2D eigenvalue weighted by molar-refractivity contribution is -0.147. The Labute approximate surface area is 158 Å². The first kappa shape index (κ1) is 19.4. The molecule has 1 amide bonds. The number of ether oxygens (including phenoxy) is 1.